The Morgan fingerprint density at radius 2 is 2.20 bits per heavy atom. The molecular formula is C16H18BrNO2. The summed E-state index contributed by atoms with van der Waals surface area (Å²) < 4.78 is 12.3. The van der Waals surface area contributed by atoms with Crippen LogP contribution in [-0.4, -0.2) is 13.7 Å². The van der Waals surface area contributed by atoms with E-state index in [9.17, 15) is 0 Å². The van der Waals surface area contributed by atoms with Crippen LogP contribution in [0.15, 0.2) is 33.4 Å². The fourth-order valence-electron chi connectivity index (χ4n) is 2.75. The lowest BCUT2D eigenvalue weighted by Gasteiger charge is -2.17. The van der Waals surface area contributed by atoms with Gasteiger partial charge < -0.3 is 14.5 Å². The van der Waals surface area contributed by atoms with E-state index in [1.807, 2.05) is 20.2 Å². The van der Waals surface area contributed by atoms with Gasteiger partial charge in [0.25, 0.3) is 0 Å². The van der Waals surface area contributed by atoms with Gasteiger partial charge in [-0.05, 0) is 49.7 Å². The summed E-state index contributed by atoms with van der Waals surface area (Å²) >= 11 is 3.59. The van der Waals surface area contributed by atoms with Crippen molar-refractivity contribution in [2.75, 3.05) is 13.7 Å². The van der Waals surface area contributed by atoms with Crippen molar-refractivity contribution in [3.63, 3.8) is 0 Å². The second-order valence-corrected chi connectivity index (χ2v) is 6.10. The van der Waals surface area contributed by atoms with Gasteiger partial charge in [0.05, 0.1) is 12.9 Å². The van der Waals surface area contributed by atoms with E-state index >= 15 is 0 Å². The van der Waals surface area contributed by atoms with Crippen molar-refractivity contribution in [3.8, 4) is 5.75 Å². The van der Waals surface area contributed by atoms with Gasteiger partial charge in [-0.2, -0.15) is 0 Å². The van der Waals surface area contributed by atoms with E-state index in [-0.39, 0.29) is 6.04 Å². The van der Waals surface area contributed by atoms with Crippen molar-refractivity contribution in [2.45, 2.75) is 25.8 Å². The quantitative estimate of drug-likeness (QED) is 0.923. The summed E-state index contributed by atoms with van der Waals surface area (Å²) in [4.78, 5) is 0. The number of benzene rings is 1. The molecule has 1 unspecified atom stereocenters. The molecule has 20 heavy (non-hydrogen) atoms. The molecule has 1 aromatic carbocycles. The molecule has 0 saturated carbocycles. The molecular weight excluding hydrogens is 318 g/mol. The molecule has 2 aromatic rings. The Morgan fingerprint density at radius 1 is 1.35 bits per heavy atom. The second kappa shape index (κ2) is 5.62. The van der Waals surface area contributed by atoms with Crippen molar-refractivity contribution in [3.05, 3.63) is 51.4 Å². The topological polar surface area (TPSA) is 34.4 Å². The molecule has 0 amide bonds. The number of aryl methyl sites for hydroxylation is 1. The molecule has 1 aliphatic rings. The fraction of sp³-hybridized carbons (Fsp3) is 0.375. The SMILES string of the molecule is CNC(Cc1cc(Br)cc2c1OCC2)c1coc(C)c1. The third-order valence-electron chi connectivity index (χ3n) is 3.75. The molecule has 1 aliphatic heterocycles. The number of ether oxygens (including phenoxy) is 1. The summed E-state index contributed by atoms with van der Waals surface area (Å²) in [5.74, 6) is 2.00. The molecule has 0 fully saturated rings. The predicted molar refractivity (Wildman–Crippen MR) is 82.3 cm³/mol. The highest BCUT2D eigenvalue weighted by atomic mass is 79.9. The number of hydrogen-bond donors (Lipinski definition) is 1. The Hall–Kier alpha value is -1.26. The first-order valence-corrected chi connectivity index (χ1v) is 7.63. The fourth-order valence-corrected chi connectivity index (χ4v) is 3.30. The molecule has 0 bridgehead atoms. The summed E-state index contributed by atoms with van der Waals surface area (Å²) in [6.45, 7) is 2.75. The first-order valence-electron chi connectivity index (χ1n) is 6.84. The predicted octanol–water partition coefficient (Wildman–Crippen LogP) is 3.79. The number of hydrogen-bond acceptors (Lipinski definition) is 3. The molecule has 1 N–H and O–H groups in total. The zero-order valence-electron chi connectivity index (χ0n) is 11.7. The minimum absolute atomic E-state index is 0.232. The van der Waals surface area contributed by atoms with E-state index in [0.717, 1.165) is 35.4 Å². The maximum Gasteiger partial charge on any atom is 0.125 e. The lowest BCUT2D eigenvalue weighted by atomic mass is 9.98. The number of furan rings is 1. The van der Waals surface area contributed by atoms with Gasteiger partial charge in [0, 0.05) is 22.5 Å². The van der Waals surface area contributed by atoms with Crippen molar-refractivity contribution in [1.29, 1.82) is 0 Å². The van der Waals surface area contributed by atoms with E-state index in [1.54, 1.807) is 0 Å². The van der Waals surface area contributed by atoms with E-state index in [4.69, 9.17) is 9.15 Å². The smallest absolute Gasteiger partial charge is 0.125 e. The molecule has 0 saturated heterocycles. The Bertz CT molecular complexity index is 621. The normalized spacial score (nSPS) is 14.9. The van der Waals surface area contributed by atoms with Gasteiger partial charge in [0.2, 0.25) is 0 Å². The molecule has 2 heterocycles. The first-order chi connectivity index (χ1) is 9.67. The number of rotatable bonds is 4. The van der Waals surface area contributed by atoms with Crippen molar-refractivity contribution >= 4 is 15.9 Å². The molecule has 1 aromatic heterocycles. The molecule has 0 aliphatic carbocycles. The van der Waals surface area contributed by atoms with Gasteiger partial charge in [-0.3, -0.25) is 0 Å². The molecule has 3 nitrogen and oxygen atoms in total. The highest BCUT2D eigenvalue weighted by Crippen LogP contribution is 2.35. The van der Waals surface area contributed by atoms with Crippen LogP contribution in [0.1, 0.15) is 28.5 Å². The van der Waals surface area contributed by atoms with Crippen LogP contribution in [0.2, 0.25) is 0 Å². The summed E-state index contributed by atoms with van der Waals surface area (Å²) in [6.07, 6.45) is 3.71. The number of likely N-dealkylation sites (N-methyl/N-ethyl adjacent to an activating group) is 1. The number of fused-ring (bicyclic) bond motifs is 1. The Kier molecular flexibility index (Phi) is 3.85. The average molecular weight is 336 g/mol. The van der Waals surface area contributed by atoms with Gasteiger partial charge in [-0.15, -0.1) is 0 Å². The van der Waals surface area contributed by atoms with Crippen LogP contribution in [0.3, 0.4) is 0 Å². The number of nitrogens with one attached hydrogen (secondary N) is 1. The van der Waals surface area contributed by atoms with Crippen LogP contribution in [0.4, 0.5) is 0 Å². The van der Waals surface area contributed by atoms with Crippen LogP contribution < -0.4 is 10.1 Å². The Balaban J connectivity index is 1.90. The minimum atomic E-state index is 0.232. The largest absolute Gasteiger partial charge is 0.493 e. The standard InChI is InChI=1S/C16H18BrNO2/c1-10-5-13(9-20-10)15(18-2)8-12-7-14(17)6-11-3-4-19-16(11)12/h5-7,9,15,18H,3-4,8H2,1-2H3. The first kappa shape index (κ1) is 13.7. The Morgan fingerprint density at radius 3 is 2.90 bits per heavy atom. The highest BCUT2D eigenvalue weighted by molar-refractivity contribution is 9.10. The van der Waals surface area contributed by atoms with E-state index in [2.05, 4.69) is 39.4 Å². The number of halogens is 1. The lowest BCUT2D eigenvalue weighted by Crippen LogP contribution is -2.18. The molecule has 3 rings (SSSR count). The third-order valence-corrected chi connectivity index (χ3v) is 4.21. The second-order valence-electron chi connectivity index (χ2n) is 5.19. The van der Waals surface area contributed by atoms with Crippen LogP contribution >= 0.6 is 15.9 Å². The van der Waals surface area contributed by atoms with Gasteiger partial charge in [-0.25, -0.2) is 0 Å². The third kappa shape index (κ3) is 2.63. The van der Waals surface area contributed by atoms with Crippen LogP contribution in [-0.2, 0) is 12.8 Å². The van der Waals surface area contributed by atoms with E-state index in [0.29, 0.717) is 0 Å². The maximum atomic E-state index is 5.80. The molecule has 0 spiro atoms. The monoisotopic (exact) mass is 335 g/mol. The van der Waals surface area contributed by atoms with E-state index in [1.165, 1.54) is 16.7 Å². The molecule has 0 radical (unpaired) electrons. The summed E-state index contributed by atoms with van der Waals surface area (Å²) in [7, 11) is 1.98. The van der Waals surface area contributed by atoms with Crippen molar-refractivity contribution < 1.29 is 9.15 Å². The van der Waals surface area contributed by atoms with Crippen molar-refractivity contribution in [2.24, 2.45) is 0 Å². The highest BCUT2D eigenvalue weighted by Gasteiger charge is 2.21. The zero-order valence-corrected chi connectivity index (χ0v) is 13.3. The average Bonchev–Trinajstić information content (AvgIpc) is 3.04. The maximum absolute atomic E-state index is 5.80. The molecule has 4 heteroatoms. The molecule has 106 valence electrons. The Labute approximate surface area is 127 Å². The summed E-state index contributed by atoms with van der Waals surface area (Å²) in [6, 6.07) is 6.62. The van der Waals surface area contributed by atoms with Crippen LogP contribution in [0.5, 0.6) is 5.75 Å². The van der Waals surface area contributed by atoms with Gasteiger partial charge in [0.1, 0.15) is 11.5 Å². The molecule has 1 atom stereocenters. The zero-order chi connectivity index (χ0) is 14.1. The van der Waals surface area contributed by atoms with Gasteiger partial charge in [-0.1, -0.05) is 15.9 Å². The van der Waals surface area contributed by atoms with Gasteiger partial charge >= 0.3 is 0 Å². The van der Waals surface area contributed by atoms with Crippen LogP contribution in [0.25, 0.3) is 0 Å². The minimum Gasteiger partial charge on any atom is -0.493 e. The van der Waals surface area contributed by atoms with E-state index < -0.39 is 0 Å². The lowest BCUT2D eigenvalue weighted by molar-refractivity contribution is 0.352. The summed E-state index contributed by atoms with van der Waals surface area (Å²) in [5.41, 5.74) is 3.72. The van der Waals surface area contributed by atoms with Crippen LogP contribution in [0, 0.1) is 6.92 Å². The van der Waals surface area contributed by atoms with Gasteiger partial charge in [0.15, 0.2) is 0 Å². The summed E-state index contributed by atoms with van der Waals surface area (Å²) in [5, 5.41) is 3.36. The van der Waals surface area contributed by atoms with Crippen molar-refractivity contribution in [1.82, 2.24) is 5.32 Å².